The van der Waals surface area contributed by atoms with Gasteiger partial charge in [0, 0.05) is 18.6 Å². The summed E-state index contributed by atoms with van der Waals surface area (Å²) >= 11 is 0. The molecule has 0 aromatic heterocycles. The fourth-order valence-corrected chi connectivity index (χ4v) is 6.26. The van der Waals surface area contributed by atoms with Gasteiger partial charge in [-0.25, -0.2) is 0 Å². The summed E-state index contributed by atoms with van der Waals surface area (Å²) in [5, 5.41) is 0. The highest BCUT2D eigenvalue weighted by Crippen LogP contribution is 2.55. The van der Waals surface area contributed by atoms with Gasteiger partial charge in [0.2, 0.25) is 0 Å². The first-order valence-corrected chi connectivity index (χ1v) is 8.56. The molecule has 108 valence electrons. The average molecular weight is 262 g/mol. The quantitative estimate of drug-likeness (QED) is 0.755. The summed E-state index contributed by atoms with van der Waals surface area (Å²) in [6.45, 7) is 7.35. The van der Waals surface area contributed by atoms with Gasteiger partial charge in [0.1, 0.15) is 0 Å². The van der Waals surface area contributed by atoms with Crippen LogP contribution in [0, 0.1) is 29.6 Å². The molecule has 1 saturated heterocycles. The Kier molecular flexibility index (Phi) is 2.97. The molecule has 19 heavy (non-hydrogen) atoms. The maximum atomic E-state index is 2.87. The zero-order valence-electron chi connectivity index (χ0n) is 12.9. The highest BCUT2D eigenvalue weighted by atomic mass is 15.4. The minimum Gasteiger partial charge on any atom is -0.289 e. The van der Waals surface area contributed by atoms with E-state index in [0.29, 0.717) is 0 Å². The van der Waals surface area contributed by atoms with Gasteiger partial charge in [-0.1, -0.05) is 13.8 Å². The van der Waals surface area contributed by atoms with E-state index in [4.69, 9.17) is 0 Å². The third-order valence-electron chi connectivity index (χ3n) is 6.76. The molecule has 4 bridgehead atoms. The van der Waals surface area contributed by atoms with Crippen molar-refractivity contribution in [1.82, 2.24) is 9.80 Å². The molecular weight excluding hydrogens is 232 g/mol. The van der Waals surface area contributed by atoms with E-state index in [-0.39, 0.29) is 0 Å². The lowest BCUT2D eigenvalue weighted by atomic mass is 9.54. The first kappa shape index (κ1) is 12.6. The van der Waals surface area contributed by atoms with E-state index >= 15 is 0 Å². The largest absolute Gasteiger partial charge is 0.289 e. The predicted octanol–water partition coefficient (Wildman–Crippen LogP) is 3.04. The highest BCUT2D eigenvalue weighted by molar-refractivity contribution is 5.03. The molecule has 4 aliphatic carbocycles. The van der Waals surface area contributed by atoms with E-state index in [9.17, 15) is 0 Å². The Labute approximate surface area is 118 Å². The Bertz CT molecular complexity index is 323. The monoisotopic (exact) mass is 262 g/mol. The van der Waals surface area contributed by atoms with Crippen LogP contribution in [0.3, 0.4) is 0 Å². The summed E-state index contributed by atoms with van der Waals surface area (Å²) in [6.07, 6.45) is 7.82. The molecule has 4 saturated carbocycles. The standard InChI is InChI=1S/C17H30N2/c1-11(2)16-9-19(10-18(16)3)17-14-5-12-4-13(7-14)8-15(17)6-12/h11-17H,4-10H2,1-3H3/t12?,13?,14?,15?,16-,17?/m1/s1. The van der Waals surface area contributed by atoms with Gasteiger partial charge in [0.05, 0.1) is 6.67 Å². The van der Waals surface area contributed by atoms with Crippen molar-refractivity contribution in [3.63, 3.8) is 0 Å². The molecule has 1 aliphatic heterocycles. The minimum atomic E-state index is 0.789. The molecule has 5 aliphatic rings. The van der Waals surface area contributed by atoms with Crippen LogP contribution in [0.25, 0.3) is 0 Å². The first-order chi connectivity index (χ1) is 9.11. The molecule has 0 spiro atoms. The van der Waals surface area contributed by atoms with Crippen molar-refractivity contribution in [3.8, 4) is 0 Å². The van der Waals surface area contributed by atoms with Crippen molar-refractivity contribution in [3.05, 3.63) is 0 Å². The smallest absolute Gasteiger partial charge is 0.0510 e. The molecule has 1 atom stereocenters. The fourth-order valence-electron chi connectivity index (χ4n) is 6.26. The van der Waals surface area contributed by atoms with E-state index in [2.05, 4.69) is 30.7 Å². The molecule has 0 N–H and O–H groups in total. The van der Waals surface area contributed by atoms with Gasteiger partial charge in [-0.2, -0.15) is 0 Å². The van der Waals surface area contributed by atoms with Crippen molar-refractivity contribution in [1.29, 1.82) is 0 Å². The number of hydrogen-bond donors (Lipinski definition) is 0. The van der Waals surface area contributed by atoms with Crippen molar-refractivity contribution < 1.29 is 0 Å². The van der Waals surface area contributed by atoms with Crippen LogP contribution in [0.15, 0.2) is 0 Å². The first-order valence-electron chi connectivity index (χ1n) is 8.56. The van der Waals surface area contributed by atoms with Crippen LogP contribution in [0.1, 0.15) is 46.0 Å². The molecule has 0 aromatic carbocycles. The second-order valence-corrected chi connectivity index (χ2v) is 8.40. The van der Waals surface area contributed by atoms with Gasteiger partial charge in [-0.15, -0.1) is 0 Å². The molecule has 1 heterocycles. The van der Waals surface area contributed by atoms with E-state index in [1.165, 1.54) is 13.2 Å². The molecule has 5 rings (SSSR count). The predicted molar refractivity (Wildman–Crippen MR) is 78.8 cm³/mol. The van der Waals surface area contributed by atoms with Crippen LogP contribution in [0.2, 0.25) is 0 Å². The number of nitrogens with zero attached hydrogens (tertiary/aromatic N) is 2. The summed E-state index contributed by atoms with van der Waals surface area (Å²) in [6, 6.07) is 1.73. The Balaban J connectivity index is 1.51. The van der Waals surface area contributed by atoms with Crippen LogP contribution in [-0.4, -0.2) is 42.1 Å². The number of hydrogen-bond acceptors (Lipinski definition) is 2. The van der Waals surface area contributed by atoms with E-state index in [1.807, 2.05) is 0 Å². The lowest BCUT2D eigenvalue weighted by Crippen LogP contribution is -2.55. The third kappa shape index (κ3) is 1.98. The second kappa shape index (κ2) is 4.46. The molecule has 2 heteroatoms. The van der Waals surface area contributed by atoms with Crippen molar-refractivity contribution in [2.75, 3.05) is 20.3 Å². The van der Waals surface area contributed by atoms with E-state index < -0.39 is 0 Å². The topological polar surface area (TPSA) is 6.48 Å². The summed E-state index contributed by atoms with van der Waals surface area (Å²) in [5.74, 6) is 5.12. The van der Waals surface area contributed by atoms with Crippen molar-refractivity contribution >= 4 is 0 Å². The molecule has 0 aromatic rings. The van der Waals surface area contributed by atoms with Gasteiger partial charge in [0.15, 0.2) is 0 Å². The zero-order valence-corrected chi connectivity index (χ0v) is 12.9. The minimum absolute atomic E-state index is 0.789. The summed E-state index contributed by atoms with van der Waals surface area (Å²) in [5.41, 5.74) is 0. The third-order valence-corrected chi connectivity index (χ3v) is 6.76. The summed E-state index contributed by atoms with van der Waals surface area (Å²) < 4.78 is 0. The second-order valence-electron chi connectivity index (χ2n) is 8.40. The summed E-state index contributed by atoms with van der Waals surface area (Å²) in [7, 11) is 2.33. The molecule has 5 fully saturated rings. The van der Waals surface area contributed by atoms with Crippen LogP contribution in [0.5, 0.6) is 0 Å². The zero-order chi connectivity index (χ0) is 13.1. The SMILES string of the molecule is CC(C)[C@H]1CN(C2C3CC4CC(C3)CC2C4)CN1C. The van der Waals surface area contributed by atoms with Gasteiger partial charge in [-0.05, 0) is 68.7 Å². The van der Waals surface area contributed by atoms with Crippen molar-refractivity contribution in [2.45, 2.75) is 58.0 Å². The van der Waals surface area contributed by atoms with Gasteiger partial charge < -0.3 is 0 Å². The molecular formula is C17H30N2. The number of rotatable bonds is 2. The maximum Gasteiger partial charge on any atom is 0.0510 e. The number of likely N-dealkylation sites (N-methyl/N-ethyl adjacent to an activating group) is 1. The Hall–Kier alpha value is -0.0800. The Morgan fingerprint density at radius 3 is 1.95 bits per heavy atom. The fraction of sp³-hybridized carbons (Fsp3) is 1.00. The van der Waals surface area contributed by atoms with Gasteiger partial charge in [0.25, 0.3) is 0 Å². The highest BCUT2D eigenvalue weighted by Gasteiger charge is 2.51. The normalized spacial score (nSPS) is 50.5. The molecule has 0 radical (unpaired) electrons. The lowest BCUT2D eigenvalue weighted by molar-refractivity contribution is -0.0617. The van der Waals surface area contributed by atoms with Crippen LogP contribution < -0.4 is 0 Å². The van der Waals surface area contributed by atoms with E-state index in [1.54, 1.807) is 32.1 Å². The van der Waals surface area contributed by atoms with Gasteiger partial charge >= 0.3 is 0 Å². The van der Waals surface area contributed by atoms with Crippen LogP contribution >= 0.6 is 0 Å². The van der Waals surface area contributed by atoms with Crippen molar-refractivity contribution in [2.24, 2.45) is 29.6 Å². The molecule has 0 amide bonds. The Morgan fingerprint density at radius 2 is 1.47 bits per heavy atom. The maximum absolute atomic E-state index is 2.87. The lowest BCUT2D eigenvalue weighted by Gasteiger charge is -2.56. The average Bonchev–Trinajstić information content (AvgIpc) is 2.69. The summed E-state index contributed by atoms with van der Waals surface area (Å²) in [4.78, 5) is 5.48. The van der Waals surface area contributed by atoms with Crippen LogP contribution in [-0.2, 0) is 0 Å². The molecule has 2 nitrogen and oxygen atoms in total. The van der Waals surface area contributed by atoms with Crippen LogP contribution in [0.4, 0.5) is 0 Å². The van der Waals surface area contributed by atoms with E-state index in [0.717, 1.165) is 41.7 Å². The molecule has 0 unspecified atom stereocenters. The van der Waals surface area contributed by atoms with Gasteiger partial charge in [-0.3, -0.25) is 9.80 Å². The Morgan fingerprint density at radius 1 is 0.895 bits per heavy atom.